The van der Waals surface area contributed by atoms with Gasteiger partial charge in [-0.05, 0) is 62.6 Å². The Balaban J connectivity index is 1.37. The van der Waals surface area contributed by atoms with Crippen LogP contribution in [-0.4, -0.2) is 68.1 Å². The molecule has 250 valence electrons. The van der Waals surface area contributed by atoms with E-state index in [2.05, 4.69) is 15.7 Å². The van der Waals surface area contributed by atoms with Crippen molar-refractivity contribution >= 4 is 17.5 Å². The van der Waals surface area contributed by atoms with E-state index < -0.39 is 60.7 Å². The van der Waals surface area contributed by atoms with Gasteiger partial charge in [0.05, 0.1) is 36.2 Å². The molecule has 2 aliphatic heterocycles. The fourth-order valence-corrected chi connectivity index (χ4v) is 7.12. The number of nitrogens with one attached hydrogen (secondary N) is 2. The Morgan fingerprint density at radius 1 is 1.26 bits per heavy atom. The van der Waals surface area contributed by atoms with Crippen molar-refractivity contribution in [2.24, 2.45) is 17.8 Å². The van der Waals surface area contributed by atoms with E-state index >= 15 is 0 Å². The highest BCUT2D eigenvalue weighted by atomic mass is 19.4. The molecule has 46 heavy (non-hydrogen) atoms. The largest absolute Gasteiger partial charge is 0.393 e. The molecule has 6 rings (SSSR count). The number of hydrogen-bond donors (Lipinski definition) is 2. The molecule has 3 aromatic rings. The maximum Gasteiger partial charge on any atom is 0.393 e. The minimum atomic E-state index is -4.44. The third-order valence-corrected chi connectivity index (χ3v) is 9.55. The highest BCUT2D eigenvalue weighted by Gasteiger charge is 2.45. The topological polar surface area (TPSA) is 115 Å². The second-order valence-corrected chi connectivity index (χ2v) is 12.7. The number of alkyl halides is 5. The van der Waals surface area contributed by atoms with Crippen LogP contribution in [0, 0.1) is 17.8 Å². The number of rotatable bonds is 8. The van der Waals surface area contributed by atoms with Crippen molar-refractivity contribution in [2.45, 2.75) is 88.9 Å². The maximum atomic E-state index is 14.7. The molecule has 5 atom stereocenters. The van der Waals surface area contributed by atoms with Crippen LogP contribution in [-0.2, 0) is 22.5 Å². The lowest BCUT2D eigenvalue weighted by atomic mass is 9.80. The minimum absolute atomic E-state index is 0.0102. The number of piperidine rings is 1. The lowest BCUT2D eigenvalue weighted by Gasteiger charge is -2.34. The van der Waals surface area contributed by atoms with Gasteiger partial charge in [0.2, 0.25) is 11.8 Å². The quantitative estimate of drug-likeness (QED) is 0.332. The summed E-state index contributed by atoms with van der Waals surface area (Å²) in [5.74, 6) is -7.10. The van der Waals surface area contributed by atoms with Gasteiger partial charge in [-0.3, -0.25) is 14.3 Å². The van der Waals surface area contributed by atoms with Gasteiger partial charge in [-0.15, -0.1) is 0 Å². The molecule has 3 aromatic heterocycles. The molecule has 0 spiro atoms. The number of fused-ring (bicyclic) bond motifs is 1. The zero-order chi connectivity index (χ0) is 32.6. The van der Waals surface area contributed by atoms with Gasteiger partial charge in [-0.1, -0.05) is 0 Å². The summed E-state index contributed by atoms with van der Waals surface area (Å²) in [5, 5.41) is 14.3. The van der Waals surface area contributed by atoms with E-state index in [9.17, 15) is 31.5 Å². The van der Waals surface area contributed by atoms with Crippen LogP contribution in [0.3, 0.4) is 0 Å². The minimum Gasteiger partial charge on any atom is -0.381 e. The van der Waals surface area contributed by atoms with Crippen molar-refractivity contribution in [2.75, 3.05) is 19.8 Å². The van der Waals surface area contributed by atoms with Crippen molar-refractivity contribution in [1.29, 1.82) is 0 Å². The fraction of sp³-hybridized carbons (Fsp3) is 0.645. The number of carbonyl (C=O) groups excluding carboxylic acids is 2. The van der Waals surface area contributed by atoms with Crippen LogP contribution in [0.2, 0.25) is 0 Å². The Hall–Kier alpha value is -3.62. The summed E-state index contributed by atoms with van der Waals surface area (Å²) >= 11 is 0. The Morgan fingerprint density at radius 2 is 2.09 bits per heavy atom. The van der Waals surface area contributed by atoms with Gasteiger partial charge >= 0.3 is 6.18 Å². The molecule has 10 nitrogen and oxygen atoms in total. The smallest absolute Gasteiger partial charge is 0.381 e. The number of imidazole rings is 1. The van der Waals surface area contributed by atoms with E-state index in [0.29, 0.717) is 55.3 Å². The van der Waals surface area contributed by atoms with Gasteiger partial charge in [0, 0.05) is 57.0 Å². The second-order valence-electron chi connectivity index (χ2n) is 12.7. The number of aromatic nitrogens is 5. The monoisotopic (exact) mass is 651 g/mol. The van der Waals surface area contributed by atoms with Crippen LogP contribution >= 0.6 is 0 Å². The van der Waals surface area contributed by atoms with Crippen LogP contribution in [0.5, 0.6) is 0 Å². The first-order chi connectivity index (χ1) is 21.9. The molecule has 0 radical (unpaired) electrons. The molecule has 0 aromatic carbocycles. The van der Waals surface area contributed by atoms with Gasteiger partial charge in [-0.2, -0.15) is 23.4 Å². The number of aryl methyl sites for hydroxylation is 1. The summed E-state index contributed by atoms with van der Waals surface area (Å²) in [5.41, 5.74) is 2.25. The predicted molar refractivity (Wildman–Crippen MR) is 155 cm³/mol. The van der Waals surface area contributed by atoms with Crippen molar-refractivity contribution in [3.05, 3.63) is 47.2 Å². The van der Waals surface area contributed by atoms with Crippen molar-refractivity contribution in [3.8, 4) is 0 Å². The second kappa shape index (κ2) is 12.9. The SMILES string of the molecule is CCn1nccc1C(=O)N[C@H](c1cn2nc(C[C@H]3C[C@@H](C(F)(F)F)CNC3=O)c(C3CCCOC3)cc2n1)[C@H]1CCCC(F)(F)C1. The zero-order valence-corrected chi connectivity index (χ0v) is 25.5. The molecule has 1 unspecified atom stereocenters. The summed E-state index contributed by atoms with van der Waals surface area (Å²) < 4.78 is 78.7. The average molecular weight is 652 g/mol. The van der Waals surface area contributed by atoms with Gasteiger partial charge in [-0.25, -0.2) is 18.3 Å². The number of nitrogens with zero attached hydrogens (tertiary/aromatic N) is 5. The van der Waals surface area contributed by atoms with Crippen molar-refractivity contribution in [1.82, 2.24) is 35.0 Å². The highest BCUT2D eigenvalue weighted by molar-refractivity contribution is 5.92. The van der Waals surface area contributed by atoms with E-state index in [1.54, 1.807) is 18.3 Å². The van der Waals surface area contributed by atoms with E-state index in [0.717, 1.165) is 18.4 Å². The van der Waals surface area contributed by atoms with Gasteiger partial charge in [0.15, 0.2) is 5.65 Å². The molecule has 1 saturated carbocycles. The van der Waals surface area contributed by atoms with E-state index in [1.807, 2.05) is 6.92 Å². The summed E-state index contributed by atoms with van der Waals surface area (Å²) in [7, 11) is 0. The number of carbonyl (C=O) groups is 2. The molecule has 3 fully saturated rings. The third-order valence-electron chi connectivity index (χ3n) is 9.55. The molecule has 0 bridgehead atoms. The summed E-state index contributed by atoms with van der Waals surface area (Å²) in [6, 6.07) is 2.50. The van der Waals surface area contributed by atoms with Crippen LogP contribution in [0.4, 0.5) is 22.0 Å². The first-order valence-corrected chi connectivity index (χ1v) is 15.9. The Morgan fingerprint density at radius 3 is 2.80 bits per heavy atom. The van der Waals surface area contributed by atoms with Gasteiger partial charge < -0.3 is 15.4 Å². The van der Waals surface area contributed by atoms with Crippen LogP contribution in [0.1, 0.15) is 91.3 Å². The number of hydrogen-bond acceptors (Lipinski definition) is 6. The fourth-order valence-electron chi connectivity index (χ4n) is 7.12. The Bertz CT molecular complexity index is 1570. The molecule has 5 heterocycles. The van der Waals surface area contributed by atoms with Crippen LogP contribution in [0.15, 0.2) is 24.5 Å². The highest BCUT2D eigenvalue weighted by Crippen LogP contribution is 2.42. The maximum absolute atomic E-state index is 14.7. The average Bonchev–Trinajstić information content (AvgIpc) is 3.67. The Kier molecular flexibility index (Phi) is 9.05. The number of ether oxygens (including phenoxy) is 1. The lowest BCUT2D eigenvalue weighted by molar-refractivity contribution is -0.183. The van der Waals surface area contributed by atoms with Crippen molar-refractivity contribution in [3.63, 3.8) is 0 Å². The summed E-state index contributed by atoms with van der Waals surface area (Å²) in [6.45, 7) is 2.81. The molecule has 3 aliphatic rings. The van der Waals surface area contributed by atoms with Crippen molar-refractivity contribution < 1.29 is 36.3 Å². The normalized spacial score (nSPS) is 26.1. The van der Waals surface area contributed by atoms with Gasteiger partial charge in [0.1, 0.15) is 5.69 Å². The van der Waals surface area contributed by atoms with Gasteiger partial charge in [0.25, 0.3) is 5.91 Å². The molecular weight excluding hydrogens is 613 g/mol. The lowest BCUT2D eigenvalue weighted by Crippen LogP contribution is -2.47. The molecule has 15 heteroatoms. The number of halogens is 5. The standard InChI is InChI=1S/C31H38F5N7O3/c1-2-42-25(7-9-38-42)29(45)40-27(18-5-3-8-30(32,33)14-18)24-16-43-26(39-24)13-22(19-6-4-10-46-17-19)23(41-43)12-20-11-21(31(34,35)36)15-37-28(20)44/h7,9,13,16,18-21,27H,2-6,8,10-12,14-15,17H2,1H3,(H,37,44)(H,40,45)/t18-,19?,20+,21+,27-/m0/s1. The third kappa shape index (κ3) is 6.88. The van der Waals surface area contributed by atoms with Crippen LogP contribution in [0.25, 0.3) is 5.65 Å². The van der Waals surface area contributed by atoms with Crippen LogP contribution < -0.4 is 10.6 Å². The predicted octanol–water partition coefficient (Wildman–Crippen LogP) is 4.99. The first-order valence-electron chi connectivity index (χ1n) is 15.9. The molecule has 1 aliphatic carbocycles. The van der Waals surface area contributed by atoms with E-state index in [-0.39, 0.29) is 25.2 Å². The molecule has 2 saturated heterocycles. The summed E-state index contributed by atoms with van der Waals surface area (Å²) in [4.78, 5) is 30.9. The molecular formula is C31H38F5N7O3. The summed E-state index contributed by atoms with van der Waals surface area (Å²) in [6.07, 6.45) is -0.0524. The Labute approximate surface area is 262 Å². The molecule has 2 amide bonds. The first kappa shape index (κ1) is 32.3. The molecule has 2 N–H and O–H groups in total. The number of amides is 2. The zero-order valence-electron chi connectivity index (χ0n) is 25.5. The van der Waals surface area contributed by atoms with E-state index in [1.165, 1.54) is 15.4 Å². The van der Waals surface area contributed by atoms with E-state index in [4.69, 9.17) is 14.8 Å².